The molecule has 0 saturated heterocycles. The summed E-state index contributed by atoms with van der Waals surface area (Å²) in [5, 5.41) is 0. The van der Waals surface area contributed by atoms with Crippen LogP contribution in [0.5, 0.6) is 0 Å². The van der Waals surface area contributed by atoms with Crippen molar-refractivity contribution in [2.24, 2.45) is 5.73 Å². The van der Waals surface area contributed by atoms with Crippen LogP contribution in [0.25, 0.3) is 0 Å². The van der Waals surface area contributed by atoms with Crippen LogP contribution in [0.2, 0.25) is 0 Å². The van der Waals surface area contributed by atoms with Gasteiger partial charge in [0.25, 0.3) is 0 Å². The van der Waals surface area contributed by atoms with Crippen LogP contribution in [0.3, 0.4) is 0 Å². The first-order valence-corrected chi connectivity index (χ1v) is 10.1. The second kappa shape index (κ2) is 6.73. The van der Waals surface area contributed by atoms with Crippen molar-refractivity contribution < 1.29 is 8.42 Å². The fourth-order valence-electron chi connectivity index (χ4n) is 2.63. The molecule has 1 aliphatic rings. The number of hydrogen-bond donors (Lipinski definition) is 2. The number of rotatable bonds is 8. The van der Waals surface area contributed by atoms with Gasteiger partial charge in [-0.2, -0.15) is 11.8 Å². The van der Waals surface area contributed by atoms with E-state index in [-0.39, 0.29) is 4.75 Å². The van der Waals surface area contributed by atoms with Crippen molar-refractivity contribution in [1.82, 2.24) is 9.29 Å². The molecular weight excluding hydrogens is 306 g/mol. The van der Waals surface area contributed by atoms with Crippen molar-refractivity contribution >= 4 is 21.8 Å². The first kappa shape index (κ1) is 16.9. The average molecular weight is 332 g/mol. The monoisotopic (exact) mass is 331 g/mol. The number of hydrogen-bond acceptors (Lipinski definition) is 4. The van der Waals surface area contributed by atoms with Crippen LogP contribution in [0.15, 0.2) is 17.2 Å². The largest absolute Gasteiger partial charge is 0.349 e. The highest BCUT2D eigenvalue weighted by Crippen LogP contribution is 2.42. The minimum Gasteiger partial charge on any atom is -0.349 e. The predicted molar refractivity (Wildman–Crippen MR) is 87.9 cm³/mol. The first-order valence-electron chi connectivity index (χ1n) is 7.40. The van der Waals surface area contributed by atoms with Crippen molar-refractivity contribution in [1.29, 1.82) is 0 Å². The summed E-state index contributed by atoms with van der Waals surface area (Å²) in [7, 11) is -3.45. The predicted octanol–water partition coefficient (Wildman–Crippen LogP) is 1.92. The summed E-state index contributed by atoms with van der Waals surface area (Å²) >= 11 is 1.76. The average Bonchev–Trinajstić information content (AvgIpc) is 2.82. The summed E-state index contributed by atoms with van der Waals surface area (Å²) in [6.07, 6.45) is 8.05. The molecule has 0 atom stereocenters. The van der Waals surface area contributed by atoms with Gasteiger partial charge in [-0.05, 0) is 31.6 Å². The molecule has 1 aromatic rings. The number of aryl methyl sites for hydroxylation is 1. The molecule has 0 aliphatic heterocycles. The van der Waals surface area contributed by atoms with Gasteiger partial charge in [-0.15, -0.1) is 0 Å². The molecule has 0 bridgehead atoms. The maximum Gasteiger partial charge on any atom is 0.242 e. The highest BCUT2D eigenvalue weighted by atomic mass is 32.2. The summed E-state index contributed by atoms with van der Waals surface area (Å²) in [5.41, 5.74) is 6.56. The van der Waals surface area contributed by atoms with Gasteiger partial charge in [0.05, 0.1) is 4.90 Å². The number of sulfonamides is 1. The molecule has 0 amide bonds. The van der Waals surface area contributed by atoms with E-state index in [2.05, 4.69) is 17.9 Å². The topological polar surface area (TPSA) is 77.1 Å². The molecule has 0 spiro atoms. The molecule has 1 heterocycles. The third-order valence-electron chi connectivity index (χ3n) is 4.23. The normalized spacial score (nSPS) is 17.7. The van der Waals surface area contributed by atoms with Crippen LogP contribution in [-0.2, 0) is 23.1 Å². The van der Waals surface area contributed by atoms with Gasteiger partial charge in [0.1, 0.15) is 0 Å². The smallest absolute Gasteiger partial charge is 0.242 e. The summed E-state index contributed by atoms with van der Waals surface area (Å²) < 4.78 is 29.7. The molecule has 1 saturated carbocycles. The van der Waals surface area contributed by atoms with Crippen LogP contribution in [-0.4, -0.2) is 30.5 Å². The molecule has 120 valence electrons. The maximum absolute atomic E-state index is 12.4. The molecule has 0 radical (unpaired) electrons. The third kappa shape index (κ3) is 3.64. The molecule has 5 nitrogen and oxygen atoms in total. The van der Waals surface area contributed by atoms with E-state index >= 15 is 0 Å². The second-order valence-electron chi connectivity index (χ2n) is 5.63. The summed E-state index contributed by atoms with van der Waals surface area (Å²) in [6.45, 7) is 3.71. The Kier molecular flexibility index (Phi) is 5.40. The Hall–Kier alpha value is -0.500. The van der Waals surface area contributed by atoms with Crippen LogP contribution < -0.4 is 10.5 Å². The van der Waals surface area contributed by atoms with E-state index in [9.17, 15) is 8.42 Å². The Bertz CT molecular complexity index is 572. The van der Waals surface area contributed by atoms with E-state index in [1.54, 1.807) is 24.0 Å². The number of nitrogens with one attached hydrogen (secondary N) is 1. The van der Waals surface area contributed by atoms with Crippen LogP contribution >= 0.6 is 11.8 Å². The number of aromatic nitrogens is 1. The zero-order valence-electron chi connectivity index (χ0n) is 12.8. The maximum atomic E-state index is 12.4. The fourth-order valence-corrected chi connectivity index (χ4v) is 4.82. The van der Waals surface area contributed by atoms with Crippen molar-refractivity contribution in [2.45, 2.75) is 55.3 Å². The molecule has 3 N–H and O–H groups in total. The molecule has 2 rings (SSSR count). The number of nitrogens with two attached hydrogens (primary N) is 1. The minimum atomic E-state index is -3.45. The standard InChI is InChI=1S/C14H25N3O2S2/c1-3-7-17-10-13(8-12(17)9-15)21(18,19)16-11-14(20-2)5-4-6-14/h8,10,16H,3-7,9,11,15H2,1-2H3. The van der Waals surface area contributed by atoms with Crippen LogP contribution in [0.4, 0.5) is 0 Å². The van der Waals surface area contributed by atoms with Crippen molar-refractivity contribution in [3.63, 3.8) is 0 Å². The van der Waals surface area contributed by atoms with Gasteiger partial charge in [0, 0.05) is 36.3 Å². The molecule has 0 unspecified atom stereocenters. The zero-order chi connectivity index (χ0) is 15.5. The Labute approximate surface area is 131 Å². The van der Waals surface area contributed by atoms with E-state index in [1.165, 1.54) is 6.42 Å². The van der Waals surface area contributed by atoms with E-state index in [0.29, 0.717) is 18.0 Å². The Balaban J connectivity index is 2.12. The van der Waals surface area contributed by atoms with Crippen molar-refractivity contribution in [2.75, 3.05) is 12.8 Å². The molecule has 1 aromatic heterocycles. The van der Waals surface area contributed by atoms with E-state index in [0.717, 1.165) is 31.5 Å². The fraction of sp³-hybridized carbons (Fsp3) is 0.714. The zero-order valence-corrected chi connectivity index (χ0v) is 14.4. The summed E-state index contributed by atoms with van der Waals surface area (Å²) in [4.78, 5) is 0.326. The highest BCUT2D eigenvalue weighted by molar-refractivity contribution is 8.00. The lowest BCUT2D eigenvalue weighted by Gasteiger charge is -2.40. The quantitative estimate of drug-likeness (QED) is 0.763. The molecule has 21 heavy (non-hydrogen) atoms. The van der Waals surface area contributed by atoms with Crippen LogP contribution in [0.1, 0.15) is 38.3 Å². The molecular formula is C14H25N3O2S2. The van der Waals surface area contributed by atoms with Gasteiger partial charge in [0.15, 0.2) is 0 Å². The van der Waals surface area contributed by atoms with Gasteiger partial charge >= 0.3 is 0 Å². The van der Waals surface area contributed by atoms with Gasteiger partial charge in [-0.25, -0.2) is 13.1 Å². The van der Waals surface area contributed by atoms with E-state index in [1.807, 2.05) is 4.57 Å². The minimum absolute atomic E-state index is 0.0930. The third-order valence-corrected chi connectivity index (χ3v) is 7.01. The molecule has 1 fully saturated rings. The molecule has 0 aromatic carbocycles. The lowest BCUT2D eigenvalue weighted by molar-refractivity contribution is 0.362. The van der Waals surface area contributed by atoms with Gasteiger partial charge in [-0.1, -0.05) is 13.3 Å². The van der Waals surface area contributed by atoms with E-state index in [4.69, 9.17) is 5.73 Å². The van der Waals surface area contributed by atoms with Gasteiger partial charge in [-0.3, -0.25) is 0 Å². The Morgan fingerprint density at radius 3 is 2.67 bits per heavy atom. The first-order chi connectivity index (χ1) is 9.96. The molecule has 1 aliphatic carbocycles. The van der Waals surface area contributed by atoms with Crippen molar-refractivity contribution in [3.8, 4) is 0 Å². The van der Waals surface area contributed by atoms with E-state index < -0.39 is 10.0 Å². The number of thioether (sulfide) groups is 1. The molecule has 7 heteroatoms. The Morgan fingerprint density at radius 1 is 1.48 bits per heavy atom. The van der Waals surface area contributed by atoms with Gasteiger partial charge in [0.2, 0.25) is 10.0 Å². The van der Waals surface area contributed by atoms with Gasteiger partial charge < -0.3 is 10.3 Å². The highest BCUT2D eigenvalue weighted by Gasteiger charge is 2.37. The lowest BCUT2D eigenvalue weighted by Crippen LogP contribution is -2.45. The number of nitrogens with zero attached hydrogens (tertiary/aromatic N) is 1. The summed E-state index contributed by atoms with van der Waals surface area (Å²) in [6, 6.07) is 1.69. The Morgan fingerprint density at radius 2 is 2.19 bits per heavy atom. The van der Waals surface area contributed by atoms with Crippen molar-refractivity contribution in [3.05, 3.63) is 18.0 Å². The SMILES string of the molecule is CCCn1cc(S(=O)(=O)NCC2(SC)CCC2)cc1CN. The van der Waals surface area contributed by atoms with Crippen LogP contribution in [0, 0.1) is 0 Å². The lowest BCUT2D eigenvalue weighted by atomic mass is 9.84. The second-order valence-corrected chi connectivity index (χ2v) is 8.67. The summed E-state index contributed by atoms with van der Waals surface area (Å²) in [5.74, 6) is 0.